The van der Waals surface area contributed by atoms with E-state index < -0.39 is 17.5 Å². The number of carboxylic acid groups (broad SMARTS) is 2. The Morgan fingerprint density at radius 2 is 1.56 bits per heavy atom. The van der Waals surface area contributed by atoms with Gasteiger partial charge in [-0.15, -0.1) is 0 Å². The van der Waals surface area contributed by atoms with Crippen molar-refractivity contribution in [2.45, 2.75) is 12.5 Å². The first-order chi connectivity index (χ1) is 3.89. The molecule has 0 radical (unpaired) electrons. The highest BCUT2D eigenvalue weighted by atomic mass is 16.4. The number of hydrogen-bond acceptors (Lipinski definition) is 3. The molecule has 0 aliphatic rings. The lowest BCUT2D eigenvalue weighted by molar-refractivity contribution is -0.155. The van der Waals surface area contributed by atoms with Crippen LogP contribution < -0.4 is 5.73 Å². The van der Waals surface area contributed by atoms with Gasteiger partial charge in [-0.05, 0) is 6.92 Å². The molecule has 0 heterocycles. The summed E-state index contributed by atoms with van der Waals surface area (Å²) in [6.07, 6.45) is 0. The minimum absolute atomic E-state index is 0.914. The maximum atomic E-state index is 9.96. The van der Waals surface area contributed by atoms with Crippen LogP contribution in [0.5, 0.6) is 0 Å². The molecule has 5 heteroatoms. The van der Waals surface area contributed by atoms with E-state index >= 15 is 0 Å². The second kappa shape index (κ2) is 2.02. The molecule has 0 fully saturated rings. The van der Waals surface area contributed by atoms with Gasteiger partial charge in [-0.2, -0.15) is 0 Å². The third-order valence-corrected chi connectivity index (χ3v) is 0.889. The minimum Gasteiger partial charge on any atom is -0.479 e. The second-order valence-electron chi connectivity index (χ2n) is 1.81. The van der Waals surface area contributed by atoms with Gasteiger partial charge in [0, 0.05) is 0 Å². The Morgan fingerprint density at radius 1 is 1.33 bits per heavy atom. The molecule has 0 spiro atoms. The zero-order valence-corrected chi connectivity index (χ0v) is 4.79. The van der Waals surface area contributed by atoms with Crippen molar-refractivity contribution in [3.8, 4) is 0 Å². The molecular weight excluding hydrogens is 126 g/mol. The van der Waals surface area contributed by atoms with Crippen LogP contribution in [0.3, 0.4) is 0 Å². The number of aliphatic carboxylic acids is 2. The summed E-state index contributed by atoms with van der Waals surface area (Å²) >= 11 is 0. The van der Waals surface area contributed by atoms with E-state index in [0.717, 1.165) is 6.92 Å². The van der Waals surface area contributed by atoms with Crippen molar-refractivity contribution in [2.24, 2.45) is 5.73 Å². The maximum absolute atomic E-state index is 9.96. The number of carboxylic acids is 2. The number of rotatable bonds is 2. The van der Waals surface area contributed by atoms with Crippen LogP contribution in [0.15, 0.2) is 0 Å². The van der Waals surface area contributed by atoms with Gasteiger partial charge < -0.3 is 15.9 Å². The van der Waals surface area contributed by atoms with Crippen molar-refractivity contribution in [2.75, 3.05) is 0 Å². The lowest BCUT2D eigenvalue weighted by atomic mass is 10.1. The summed E-state index contributed by atoms with van der Waals surface area (Å²) in [4.78, 5) is 19.9. The van der Waals surface area contributed by atoms with Crippen LogP contribution in [0.4, 0.5) is 0 Å². The third kappa shape index (κ3) is 1.39. The standard InChI is InChI=1S/C4H7NO4/c1-4(5,2(6)7)3(8)9/h5H2,1H3,(H,6,7)(H,8,9). The topological polar surface area (TPSA) is 101 Å². The van der Waals surface area contributed by atoms with Crippen LogP contribution in [-0.4, -0.2) is 27.7 Å². The molecular formula is C4H7NO4. The fourth-order valence-electron chi connectivity index (χ4n) is 0.0915. The Hall–Kier alpha value is -1.10. The van der Waals surface area contributed by atoms with Crippen LogP contribution in [0.2, 0.25) is 0 Å². The van der Waals surface area contributed by atoms with Crippen LogP contribution >= 0.6 is 0 Å². The highest BCUT2D eigenvalue weighted by Gasteiger charge is 2.36. The SMILES string of the molecule is CC(N)(C(=O)O)C(=O)O. The molecule has 0 unspecified atom stereocenters. The molecule has 0 aliphatic carbocycles. The summed E-state index contributed by atoms with van der Waals surface area (Å²) in [7, 11) is 0. The van der Waals surface area contributed by atoms with Gasteiger partial charge in [0.15, 0.2) is 0 Å². The molecule has 0 saturated heterocycles. The predicted molar refractivity (Wildman–Crippen MR) is 27.9 cm³/mol. The fourth-order valence-corrected chi connectivity index (χ4v) is 0.0915. The van der Waals surface area contributed by atoms with Gasteiger partial charge in [0.05, 0.1) is 0 Å². The average Bonchev–Trinajstić information content (AvgIpc) is 1.65. The molecule has 4 N–H and O–H groups in total. The zero-order chi connectivity index (χ0) is 7.65. The van der Waals surface area contributed by atoms with E-state index in [0.29, 0.717) is 0 Å². The minimum atomic E-state index is -2.17. The molecule has 0 saturated carbocycles. The van der Waals surface area contributed by atoms with E-state index in [1.165, 1.54) is 0 Å². The van der Waals surface area contributed by atoms with Gasteiger partial charge in [-0.1, -0.05) is 0 Å². The molecule has 0 amide bonds. The van der Waals surface area contributed by atoms with Crippen LogP contribution in [-0.2, 0) is 9.59 Å². The van der Waals surface area contributed by atoms with E-state index in [-0.39, 0.29) is 0 Å². The summed E-state index contributed by atoms with van der Waals surface area (Å²) in [5, 5.41) is 16.2. The smallest absolute Gasteiger partial charge is 0.335 e. The van der Waals surface area contributed by atoms with Gasteiger partial charge >= 0.3 is 11.9 Å². The fraction of sp³-hybridized carbons (Fsp3) is 0.500. The van der Waals surface area contributed by atoms with Crippen LogP contribution in [0.1, 0.15) is 6.92 Å². The Morgan fingerprint density at radius 3 is 1.56 bits per heavy atom. The zero-order valence-electron chi connectivity index (χ0n) is 4.79. The molecule has 5 nitrogen and oxygen atoms in total. The Kier molecular flexibility index (Phi) is 1.77. The molecule has 0 aliphatic heterocycles. The first kappa shape index (κ1) is 7.90. The maximum Gasteiger partial charge on any atom is 0.335 e. The largest absolute Gasteiger partial charge is 0.479 e. The molecule has 0 aromatic rings. The normalized spacial score (nSPS) is 10.9. The average molecular weight is 133 g/mol. The highest BCUT2D eigenvalue weighted by molar-refractivity contribution is 6.02. The van der Waals surface area contributed by atoms with Crippen LogP contribution in [0, 0.1) is 0 Å². The Bertz CT molecular complexity index is 135. The second-order valence-corrected chi connectivity index (χ2v) is 1.81. The summed E-state index contributed by atoms with van der Waals surface area (Å²) in [6.45, 7) is 0.914. The predicted octanol–water partition coefficient (Wildman–Crippen LogP) is -1.13. The molecule has 0 aromatic heterocycles. The Labute approximate surface area is 51.1 Å². The lowest BCUT2D eigenvalue weighted by Gasteiger charge is -2.11. The summed E-state index contributed by atoms with van der Waals surface area (Å²) in [5.74, 6) is -3.09. The molecule has 0 rings (SSSR count). The number of carbonyl (C=O) groups is 2. The van der Waals surface area contributed by atoms with Crippen molar-refractivity contribution in [1.29, 1.82) is 0 Å². The molecule has 9 heavy (non-hydrogen) atoms. The van der Waals surface area contributed by atoms with Gasteiger partial charge in [0.1, 0.15) is 0 Å². The van der Waals surface area contributed by atoms with Crippen molar-refractivity contribution in [3.63, 3.8) is 0 Å². The first-order valence-electron chi connectivity index (χ1n) is 2.14. The van der Waals surface area contributed by atoms with Gasteiger partial charge in [-0.3, -0.25) is 0 Å². The third-order valence-electron chi connectivity index (χ3n) is 0.889. The van der Waals surface area contributed by atoms with Crippen molar-refractivity contribution in [3.05, 3.63) is 0 Å². The van der Waals surface area contributed by atoms with Gasteiger partial charge in [0.2, 0.25) is 5.54 Å². The molecule has 0 atom stereocenters. The summed E-state index contributed by atoms with van der Waals surface area (Å²) in [5.41, 5.74) is 2.64. The lowest BCUT2D eigenvalue weighted by Crippen LogP contribution is -2.52. The monoisotopic (exact) mass is 133 g/mol. The van der Waals surface area contributed by atoms with Gasteiger partial charge in [0.25, 0.3) is 0 Å². The summed E-state index contributed by atoms with van der Waals surface area (Å²) in [6, 6.07) is 0. The van der Waals surface area contributed by atoms with E-state index in [4.69, 9.17) is 15.9 Å². The van der Waals surface area contributed by atoms with Crippen molar-refractivity contribution >= 4 is 11.9 Å². The quantitative estimate of drug-likeness (QED) is 0.414. The Balaban J connectivity index is 4.38. The molecule has 0 bridgehead atoms. The molecule has 52 valence electrons. The van der Waals surface area contributed by atoms with E-state index in [1.807, 2.05) is 0 Å². The number of nitrogens with two attached hydrogens (primary N) is 1. The van der Waals surface area contributed by atoms with E-state index in [2.05, 4.69) is 0 Å². The van der Waals surface area contributed by atoms with Crippen molar-refractivity contribution in [1.82, 2.24) is 0 Å². The highest BCUT2D eigenvalue weighted by Crippen LogP contribution is 1.97. The van der Waals surface area contributed by atoms with Crippen LogP contribution in [0.25, 0.3) is 0 Å². The molecule has 0 aromatic carbocycles. The van der Waals surface area contributed by atoms with Crippen molar-refractivity contribution < 1.29 is 19.8 Å². The number of hydrogen-bond donors (Lipinski definition) is 3. The van der Waals surface area contributed by atoms with E-state index in [9.17, 15) is 9.59 Å². The summed E-state index contributed by atoms with van der Waals surface area (Å²) < 4.78 is 0. The first-order valence-corrected chi connectivity index (χ1v) is 2.14. The van der Waals surface area contributed by atoms with Gasteiger partial charge in [-0.25, -0.2) is 9.59 Å². The van der Waals surface area contributed by atoms with E-state index in [1.54, 1.807) is 0 Å².